The van der Waals surface area contributed by atoms with E-state index in [1.807, 2.05) is 26.8 Å². The first kappa shape index (κ1) is 17.9. The molecule has 26 heavy (non-hydrogen) atoms. The van der Waals surface area contributed by atoms with E-state index in [2.05, 4.69) is 10.3 Å². The SMILES string of the molecule is CCc1cc(C)c(Oc2ccnc3cc(C)c(C(=O)NC)cc23)cc1F. The molecule has 0 radical (unpaired) electrons. The Labute approximate surface area is 152 Å². The molecule has 0 bridgehead atoms. The van der Waals surface area contributed by atoms with E-state index in [1.165, 1.54) is 6.07 Å². The van der Waals surface area contributed by atoms with Crippen LogP contribution in [0, 0.1) is 19.7 Å². The molecule has 0 saturated heterocycles. The van der Waals surface area contributed by atoms with E-state index in [1.54, 1.807) is 31.4 Å². The second kappa shape index (κ2) is 7.12. The minimum absolute atomic E-state index is 0.172. The van der Waals surface area contributed by atoms with Crippen molar-refractivity contribution in [3.05, 3.63) is 64.6 Å². The lowest BCUT2D eigenvalue weighted by Gasteiger charge is -2.14. The summed E-state index contributed by atoms with van der Waals surface area (Å²) in [5.41, 5.74) is 3.62. The van der Waals surface area contributed by atoms with Gasteiger partial charge in [-0.3, -0.25) is 9.78 Å². The first-order valence-corrected chi connectivity index (χ1v) is 8.53. The number of benzene rings is 2. The molecule has 3 rings (SSSR count). The molecular formula is C21H21FN2O2. The van der Waals surface area contributed by atoms with E-state index in [0.29, 0.717) is 34.4 Å². The molecule has 5 heteroatoms. The molecule has 0 aliphatic carbocycles. The summed E-state index contributed by atoms with van der Waals surface area (Å²) in [5, 5.41) is 3.34. The largest absolute Gasteiger partial charge is 0.456 e. The number of ether oxygens (including phenoxy) is 1. The summed E-state index contributed by atoms with van der Waals surface area (Å²) in [6.07, 6.45) is 2.27. The van der Waals surface area contributed by atoms with Crippen LogP contribution in [0.5, 0.6) is 11.5 Å². The molecular weight excluding hydrogens is 331 g/mol. The van der Waals surface area contributed by atoms with Gasteiger partial charge in [-0.05, 0) is 61.2 Å². The summed E-state index contributed by atoms with van der Waals surface area (Å²) >= 11 is 0. The molecule has 134 valence electrons. The number of aromatic nitrogens is 1. The Balaban J connectivity index is 2.11. The predicted octanol–water partition coefficient (Wildman–Crippen LogP) is 4.71. The van der Waals surface area contributed by atoms with E-state index in [4.69, 9.17) is 4.74 Å². The van der Waals surface area contributed by atoms with Crippen LogP contribution in [0.4, 0.5) is 4.39 Å². The highest BCUT2D eigenvalue weighted by atomic mass is 19.1. The highest BCUT2D eigenvalue weighted by molar-refractivity contribution is 6.00. The van der Waals surface area contributed by atoms with Crippen molar-refractivity contribution in [2.45, 2.75) is 27.2 Å². The van der Waals surface area contributed by atoms with Crippen LogP contribution >= 0.6 is 0 Å². The Morgan fingerprint density at radius 2 is 1.92 bits per heavy atom. The molecule has 1 N–H and O–H groups in total. The molecule has 1 aromatic heterocycles. The van der Waals surface area contributed by atoms with Crippen LogP contribution in [-0.4, -0.2) is 17.9 Å². The second-order valence-electron chi connectivity index (χ2n) is 6.24. The molecule has 0 fully saturated rings. The van der Waals surface area contributed by atoms with Gasteiger partial charge in [0.1, 0.15) is 17.3 Å². The van der Waals surface area contributed by atoms with Crippen LogP contribution in [0.1, 0.15) is 34.0 Å². The van der Waals surface area contributed by atoms with Gasteiger partial charge in [0.2, 0.25) is 0 Å². The van der Waals surface area contributed by atoms with Gasteiger partial charge in [0, 0.05) is 30.3 Å². The maximum atomic E-state index is 14.2. The lowest BCUT2D eigenvalue weighted by molar-refractivity contribution is 0.0962. The van der Waals surface area contributed by atoms with Gasteiger partial charge in [0.15, 0.2) is 0 Å². The van der Waals surface area contributed by atoms with Gasteiger partial charge in [-0.2, -0.15) is 0 Å². The number of hydrogen-bond acceptors (Lipinski definition) is 3. The van der Waals surface area contributed by atoms with Crippen molar-refractivity contribution in [3.8, 4) is 11.5 Å². The average molecular weight is 352 g/mol. The molecule has 2 aromatic carbocycles. The summed E-state index contributed by atoms with van der Waals surface area (Å²) < 4.78 is 20.2. The van der Waals surface area contributed by atoms with Gasteiger partial charge in [-0.15, -0.1) is 0 Å². The zero-order valence-corrected chi connectivity index (χ0v) is 15.3. The molecule has 0 aliphatic rings. The van der Waals surface area contributed by atoms with Gasteiger partial charge in [0.25, 0.3) is 5.91 Å². The monoisotopic (exact) mass is 352 g/mol. The average Bonchev–Trinajstić information content (AvgIpc) is 2.63. The molecule has 0 aliphatic heterocycles. The fourth-order valence-corrected chi connectivity index (χ4v) is 2.96. The van der Waals surface area contributed by atoms with E-state index in [9.17, 15) is 9.18 Å². The number of nitrogens with zero attached hydrogens (tertiary/aromatic N) is 1. The van der Waals surface area contributed by atoms with Gasteiger partial charge in [0.05, 0.1) is 5.52 Å². The third-order valence-electron chi connectivity index (χ3n) is 4.46. The van der Waals surface area contributed by atoms with Crippen LogP contribution in [0.2, 0.25) is 0 Å². The molecule has 0 unspecified atom stereocenters. The molecule has 0 saturated carbocycles. The molecule has 1 heterocycles. The van der Waals surface area contributed by atoms with Crippen LogP contribution < -0.4 is 10.1 Å². The number of aryl methyl sites for hydroxylation is 3. The standard InChI is InChI=1S/C21H21FN2O2/c1-5-14-8-13(3)20(11-17(14)22)26-19-6-7-24-18-9-12(2)15(10-16(18)19)21(25)23-4/h6-11H,5H2,1-4H3,(H,23,25). The third kappa shape index (κ3) is 3.25. The molecule has 3 aromatic rings. The molecule has 0 spiro atoms. The zero-order valence-electron chi connectivity index (χ0n) is 15.3. The van der Waals surface area contributed by atoms with Gasteiger partial charge < -0.3 is 10.1 Å². The Bertz CT molecular complexity index is 999. The van der Waals surface area contributed by atoms with Crippen LogP contribution in [-0.2, 0) is 6.42 Å². The fraction of sp³-hybridized carbons (Fsp3) is 0.238. The van der Waals surface area contributed by atoms with Crippen molar-refractivity contribution in [2.24, 2.45) is 0 Å². The number of carbonyl (C=O) groups is 1. The number of amides is 1. The number of pyridine rings is 1. The van der Waals surface area contributed by atoms with Gasteiger partial charge in [-0.1, -0.05) is 6.92 Å². The lowest BCUT2D eigenvalue weighted by Crippen LogP contribution is -2.18. The summed E-state index contributed by atoms with van der Waals surface area (Å²) in [7, 11) is 1.59. The summed E-state index contributed by atoms with van der Waals surface area (Å²) in [6.45, 7) is 5.66. The summed E-state index contributed by atoms with van der Waals surface area (Å²) in [4.78, 5) is 16.4. The van der Waals surface area contributed by atoms with E-state index in [-0.39, 0.29) is 11.7 Å². The number of halogens is 1. The van der Waals surface area contributed by atoms with E-state index < -0.39 is 0 Å². The van der Waals surface area contributed by atoms with Crippen molar-refractivity contribution < 1.29 is 13.9 Å². The first-order valence-electron chi connectivity index (χ1n) is 8.53. The van der Waals surface area contributed by atoms with E-state index in [0.717, 1.165) is 16.6 Å². The Morgan fingerprint density at radius 3 is 2.62 bits per heavy atom. The summed E-state index contributed by atoms with van der Waals surface area (Å²) in [6, 6.07) is 8.54. The number of nitrogens with one attached hydrogen (secondary N) is 1. The quantitative estimate of drug-likeness (QED) is 0.740. The number of fused-ring (bicyclic) bond motifs is 1. The minimum Gasteiger partial charge on any atom is -0.456 e. The number of rotatable bonds is 4. The van der Waals surface area contributed by atoms with Gasteiger partial charge >= 0.3 is 0 Å². The Hall–Kier alpha value is -2.95. The zero-order chi connectivity index (χ0) is 18.8. The van der Waals surface area contributed by atoms with Crippen molar-refractivity contribution in [2.75, 3.05) is 7.05 Å². The highest BCUT2D eigenvalue weighted by Crippen LogP contribution is 2.33. The smallest absolute Gasteiger partial charge is 0.251 e. The van der Waals surface area contributed by atoms with Crippen molar-refractivity contribution >= 4 is 16.8 Å². The normalized spacial score (nSPS) is 10.8. The van der Waals surface area contributed by atoms with Crippen LogP contribution in [0.3, 0.4) is 0 Å². The number of carbonyl (C=O) groups excluding carboxylic acids is 1. The molecule has 0 atom stereocenters. The predicted molar refractivity (Wildman–Crippen MR) is 100 cm³/mol. The van der Waals surface area contributed by atoms with E-state index >= 15 is 0 Å². The van der Waals surface area contributed by atoms with Crippen LogP contribution in [0.25, 0.3) is 10.9 Å². The Kier molecular flexibility index (Phi) is 4.89. The fourth-order valence-electron chi connectivity index (χ4n) is 2.96. The highest BCUT2D eigenvalue weighted by Gasteiger charge is 2.14. The molecule has 1 amide bonds. The van der Waals surface area contributed by atoms with Crippen LogP contribution in [0.15, 0.2) is 36.5 Å². The summed E-state index contributed by atoms with van der Waals surface area (Å²) in [5.74, 6) is 0.531. The van der Waals surface area contributed by atoms with Crippen molar-refractivity contribution in [3.63, 3.8) is 0 Å². The second-order valence-corrected chi connectivity index (χ2v) is 6.24. The van der Waals surface area contributed by atoms with Crippen molar-refractivity contribution in [1.29, 1.82) is 0 Å². The first-order chi connectivity index (χ1) is 12.4. The topological polar surface area (TPSA) is 51.2 Å². The minimum atomic E-state index is -0.284. The lowest BCUT2D eigenvalue weighted by atomic mass is 10.0. The van der Waals surface area contributed by atoms with Gasteiger partial charge in [-0.25, -0.2) is 4.39 Å². The maximum Gasteiger partial charge on any atom is 0.251 e. The number of hydrogen-bond donors (Lipinski definition) is 1. The third-order valence-corrected chi connectivity index (χ3v) is 4.46. The molecule has 4 nitrogen and oxygen atoms in total. The maximum absolute atomic E-state index is 14.2. The van der Waals surface area contributed by atoms with Crippen molar-refractivity contribution in [1.82, 2.24) is 10.3 Å². The Morgan fingerprint density at radius 1 is 1.15 bits per heavy atom.